The summed E-state index contributed by atoms with van der Waals surface area (Å²) < 4.78 is 58.1. The molecule has 7 nitrogen and oxygen atoms in total. The van der Waals surface area contributed by atoms with Gasteiger partial charge in [0.25, 0.3) is 0 Å². The molecule has 0 amide bonds. The smallest absolute Gasteiger partial charge is 0.326 e. The van der Waals surface area contributed by atoms with Crippen molar-refractivity contribution in [3.05, 3.63) is 73.3 Å². The van der Waals surface area contributed by atoms with Gasteiger partial charge in [0.15, 0.2) is 29.2 Å². The zero-order valence-corrected chi connectivity index (χ0v) is 18.4. The number of hydrogen-bond donors (Lipinski definition) is 0. The Hall–Kier alpha value is -2.96. The van der Waals surface area contributed by atoms with Crippen LogP contribution in [0.4, 0.5) is 0 Å². The van der Waals surface area contributed by atoms with E-state index in [1.165, 1.54) is 54.6 Å². The molecule has 0 radical (unpaired) electrons. The molecule has 1 aliphatic carbocycles. The molecule has 0 N–H and O–H groups in total. The van der Waals surface area contributed by atoms with Crippen LogP contribution in [0.15, 0.2) is 83.1 Å². The Labute approximate surface area is 181 Å². The molecular weight excluding hydrogens is 438 g/mol. The van der Waals surface area contributed by atoms with Crippen LogP contribution in [-0.4, -0.2) is 34.0 Å². The maximum atomic E-state index is 14.0. The number of methoxy groups -OCH3 is 1. The molecule has 0 saturated heterocycles. The van der Waals surface area contributed by atoms with E-state index >= 15 is 0 Å². The van der Waals surface area contributed by atoms with E-state index < -0.39 is 47.5 Å². The minimum absolute atomic E-state index is 0.222. The Morgan fingerprint density at radius 1 is 1.03 bits per heavy atom. The number of carbonyl (C=O) groups excluding carboxylic acids is 1. The van der Waals surface area contributed by atoms with Crippen molar-refractivity contribution >= 4 is 25.6 Å². The molecule has 2 aromatic carbocycles. The van der Waals surface area contributed by atoms with Crippen molar-refractivity contribution in [3.8, 4) is 6.07 Å². The molecule has 0 heterocycles. The van der Waals surface area contributed by atoms with Crippen LogP contribution in [0, 0.1) is 22.7 Å². The second-order valence-electron chi connectivity index (χ2n) is 7.35. The number of rotatable bonds is 6. The first-order chi connectivity index (χ1) is 14.6. The quantitative estimate of drug-likeness (QED) is 0.481. The number of carbonyl (C=O) groups is 1. The second-order valence-corrected chi connectivity index (χ2v) is 12.0. The van der Waals surface area contributed by atoms with E-state index in [0.29, 0.717) is 0 Å². The van der Waals surface area contributed by atoms with Gasteiger partial charge in [-0.3, -0.25) is 4.79 Å². The third-order valence-electron chi connectivity index (χ3n) is 5.77. The minimum atomic E-state index is -4.61. The fraction of sp³-hybridized carbons (Fsp3) is 0.273. The highest BCUT2D eigenvalue weighted by Gasteiger charge is 2.70. The van der Waals surface area contributed by atoms with E-state index in [1.54, 1.807) is 12.1 Å². The molecule has 1 saturated carbocycles. The molecule has 3 rings (SSSR count). The van der Waals surface area contributed by atoms with E-state index in [1.807, 2.05) is 6.07 Å². The Morgan fingerprint density at radius 2 is 1.48 bits per heavy atom. The summed E-state index contributed by atoms with van der Waals surface area (Å²) in [5.41, 5.74) is -1.96. The average Bonchev–Trinajstić information content (AvgIpc) is 3.18. The van der Waals surface area contributed by atoms with Crippen LogP contribution in [0.1, 0.15) is 12.8 Å². The molecule has 2 aromatic rings. The molecule has 162 valence electrons. The molecule has 0 spiro atoms. The summed E-state index contributed by atoms with van der Waals surface area (Å²) in [5.74, 6) is -2.21. The number of hydrogen-bond acceptors (Lipinski definition) is 7. The van der Waals surface area contributed by atoms with Gasteiger partial charge >= 0.3 is 5.97 Å². The first-order valence-corrected chi connectivity index (χ1v) is 12.3. The van der Waals surface area contributed by atoms with Crippen molar-refractivity contribution < 1.29 is 26.4 Å². The highest BCUT2D eigenvalue weighted by atomic mass is 32.3. The molecule has 31 heavy (non-hydrogen) atoms. The Morgan fingerprint density at radius 3 is 1.84 bits per heavy atom. The normalized spacial score (nSPS) is 22.9. The molecular formula is C22H21NO6S2. The average molecular weight is 460 g/mol. The second kappa shape index (κ2) is 7.94. The number of nitriles is 1. The van der Waals surface area contributed by atoms with Crippen molar-refractivity contribution in [3.63, 3.8) is 0 Å². The summed E-state index contributed by atoms with van der Waals surface area (Å²) in [6.07, 6.45) is 0.0785. The number of ether oxygens (including phenoxy) is 1. The van der Waals surface area contributed by atoms with Gasteiger partial charge in [-0.1, -0.05) is 42.5 Å². The van der Waals surface area contributed by atoms with Crippen LogP contribution < -0.4 is 0 Å². The summed E-state index contributed by atoms with van der Waals surface area (Å²) in [6, 6.07) is 16.1. The van der Waals surface area contributed by atoms with E-state index in [9.17, 15) is 26.9 Å². The minimum Gasteiger partial charge on any atom is -0.468 e. The van der Waals surface area contributed by atoms with Gasteiger partial charge in [-0.2, -0.15) is 5.26 Å². The number of esters is 1. The summed E-state index contributed by atoms with van der Waals surface area (Å²) >= 11 is 0. The van der Waals surface area contributed by atoms with Crippen molar-refractivity contribution in [2.24, 2.45) is 11.3 Å². The molecule has 0 bridgehead atoms. The van der Waals surface area contributed by atoms with Crippen molar-refractivity contribution in [2.75, 3.05) is 7.11 Å². The molecule has 9 heteroatoms. The number of sulfone groups is 2. The van der Waals surface area contributed by atoms with E-state index in [2.05, 4.69) is 6.58 Å². The lowest BCUT2D eigenvalue weighted by Crippen LogP contribution is -2.49. The number of nitrogens with zero attached hydrogens (tertiary/aromatic N) is 1. The number of benzene rings is 2. The fourth-order valence-corrected chi connectivity index (χ4v) is 9.82. The van der Waals surface area contributed by atoms with Gasteiger partial charge in [-0.05, 0) is 30.7 Å². The molecule has 1 aliphatic rings. The van der Waals surface area contributed by atoms with Crippen LogP contribution >= 0.6 is 0 Å². The monoisotopic (exact) mass is 459 g/mol. The Balaban J connectivity index is 2.43. The lowest BCUT2D eigenvalue weighted by molar-refractivity contribution is -0.149. The van der Waals surface area contributed by atoms with Crippen LogP contribution in [0.3, 0.4) is 0 Å². The van der Waals surface area contributed by atoms with E-state index in [4.69, 9.17) is 4.74 Å². The third-order valence-corrected chi connectivity index (χ3v) is 11.6. The van der Waals surface area contributed by atoms with E-state index in [0.717, 1.165) is 7.11 Å². The summed E-state index contributed by atoms with van der Waals surface area (Å²) in [4.78, 5) is 12.1. The van der Waals surface area contributed by atoms with Gasteiger partial charge in [0.1, 0.15) is 0 Å². The van der Waals surface area contributed by atoms with Crippen LogP contribution in [-0.2, 0) is 29.2 Å². The number of allylic oxidation sites excluding steroid dienone is 1. The first kappa shape index (κ1) is 22.7. The molecule has 1 unspecified atom stereocenters. The Kier molecular flexibility index (Phi) is 5.82. The molecule has 2 atom stereocenters. The zero-order chi connectivity index (χ0) is 22.9. The third kappa shape index (κ3) is 3.18. The summed E-state index contributed by atoms with van der Waals surface area (Å²) in [7, 11) is -8.15. The maximum Gasteiger partial charge on any atom is 0.326 e. The highest BCUT2D eigenvalue weighted by molar-refractivity contribution is 8.10. The standard InChI is InChI=1S/C22H21NO6S2/c1-3-17-14-21(16-23,20(24)29-2)15-22(17,30(25,26)18-10-6-4-7-11-18)31(27,28)19-12-8-5-9-13-19/h3-13,17H,1,14-15H2,2H3/t17-,21?/m1/s1. The summed E-state index contributed by atoms with van der Waals surface area (Å²) in [5, 5.41) is 9.86. The molecule has 0 aromatic heterocycles. The fourth-order valence-electron chi connectivity index (χ4n) is 4.23. The van der Waals surface area contributed by atoms with Gasteiger partial charge in [-0.25, -0.2) is 16.8 Å². The van der Waals surface area contributed by atoms with E-state index in [-0.39, 0.29) is 16.2 Å². The lowest BCUT2D eigenvalue weighted by atomic mass is 9.87. The maximum absolute atomic E-state index is 14.0. The van der Waals surface area contributed by atoms with Gasteiger partial charge in [-0.15, -0.1) is 6.58 Å². The van der Waals surface area contributed by atoms with Gasteiger partial charge in [0.05, 0.1) is 23.0 Å². The first-order valence-electron chi connectivity index (χ1n) is 9.34. The Bertz CT molecular complexity index is 1180. The van der Waals surface area contributed by atoms with Gasteiger partial charge in [0.2, 0.25) is 0 Å². The highest BCUT2D eigenvalue weighted by Crippen LogP contribution is 2.58. The predicted octanol–water partition coefficient (Wildman–Crippen LogP) is 2.91. The van der Waals surface area contributed by atoms with Crippen molar-refractivity contribution in [2.45, 2.75) is 26.7 Å². The van der Waals surface area contributed by atoms with Gasteiger partial charge < -0.3 is 4.74 Å². The topological polar surface area (TPSA) is 118 Å². The largest absolute Gasteiger partial charge is 0.468 e. The summed E-state index contributed by atoms with van der Waals surface area (Å²) in [6.45, 7) is 3.65. The van der Waals surface area contributed by atoms with Gasteiger partial charge in [0, 0.05) is 12.3 Å². The zero-order valence-electron chi connectivity index (χ0n) is 16.8. The van der Waals surface area contributed by atoms with Crippen LogP contribution in [0.2, 0.25) is 0 Å². The lowest BCUT2D eigenvalue weighted by Gasteiger charge is -2.33. The van der Waals surface area contributed by atoms with Crippen molar-refractivity contribution in [1.29, 1.82) is 5.26 Å². The van der Waals surface area contributed by atoms with Crippen LogP contribution in [0.5, 0.6) is 0 Å². The molecule has 1 fully saturated rings. The predicted molar refractivity (Wildman–Crippen MR) is 113 cm³/mol. The molecule has 0 aliphatic heterocycles. The van der Waals surface area contributed by atoms with Crippen molar-refractivity contribution in [1.82, 2.24) is 0 Å². The van der Waals surface area contributed by atoms with Crippen LogP contribution in [0.25, 0.3) is 0 Å². The SMILES string of the molecule is C=C[C@@H]1CC(C#N)(C(=O)OC)CC1(S(=O)(=O)c1ccccc1)S(=O)(=O)c1ccccc1.